The Kier molecular flexibility index (Phi) is 4.08. The Balaban J connectivity index is 2.47. The molecule has 0 aromatic heterocycles. The van der Waals surface area contributed by atoms with Gasteiger partial charge in [0.1, 0.15) is 5.75 Å². The predicted molar refractivity (Wildman–Crippen MR) is 55.9 cm³/mol. The van der Waals surface area contributed by atoms with Crippen LogP contribution in [0.15, 0.2) is 0 Å². The monoisotopic (exact) mass is 239 g/mol. The van der Waals surface area contributed by atoms with Crippen molar-refractivity contribution in [2.45, 2.75) is 50.9 Å². The maximum atomic E-state index is 13.7. The van der Waals surface area contributed by atoms with Crippen LogP contribution in [0.1, 0.15) is 39.0 Å². The van der Waals surface area contributed by atoms with Crippen molar-refractivity contribution in [2.75, 3.05) is 5.75 Å². The molecule has 1 rings (SSSR count). The van der Waals surface area contributed by atoms with Crippen LogP contribution in [0.5, 0.6) is 0 Å². The van der Waals surface area contributed by atoms with E-state index in [1.54, 1.807) is 0 Å². The van der Waals surface area contributed by atoms with Crippen LogP contribution in [0.4, 0.5) is 4.39 Å². The highest BCUT2D eigenvalue weighted by Gasteiger charge is 2.32. The highest BCUT2D eigenvalue weighted by atomic mass is 32.2. The van der Waals surface area contributed by atoms with Crippen LogP contribution in [0, 0.1) is 0 Å². The number of nitrogens with one attached hydrogen (secondary N) is 1. The number of hydrogen-bond donors (Lipinski definition) is 2. The molecule has 0 heterocycles. The van der Waals surface area contributed by atoms with E-state index in [0.717, 1.165) is 39.0 Å². The Bertz CT molecular complexity index is 296. The topological polar surface area (TPSA) is 66.4 Å². The number of rotatable bonds is 4. The molecule has 0 saturated heterocycles. The molecule has 0 aromatic rings. The molecule has 1 aliphatic carbocycles. The van der Waals surface area contributed by atoms with E-state index in [0.29, 0.717) is 0 Å². The molecule has 0 radical (unpaired) electrons. The molecule has 15 heavy (non-hydrogen) atoms. The van der Waals surface area contributed by atoms with Gasteiger partial charge in [0, 0.05) is 6.04 Å². The van der Waals surface area contributed by atoms with E-state index >= 15 is 0 Å². The number of hydrogen-bond acceptors (Lipinski definition) is 3. The maximum absolute atomic E-state index is 13.7. The van der Waals surface area contributed by atoms with E-state index < -0.39 is 21.7 Å². The van der Waals surface area contributed by atoms with Crippen molar-refractivity contribution in [3.8, 4) is 0 Å². The van der Waals surface area contributed by atoms with Crippen LogP contribution in [0.25, 0.3) is 0 Å². The Labute approximate surface area is 90.0 Å². The van der Waals surface area contributed by atoms with Gasteiger partial charge in [0.2, 0.25) is 0 Å². The van der Waals surface area contributed by atoms with Crippen molar-refractivity contribution >= 4 is 10.1 Å². The van der Waals surface area contributed by atoms with Gasteiger partial charge in [0.15, 0.2) is 5.79 Å². The van der Waals surface area contributed by atoms with Crippen LogP contribution in [-0.2, 0) is 10.1 Å². The molecule has 6 heteroatoms. The second-order valence-corrected chi connectivity index (χ2v) is 5.86. The minimum absolute atomic E-state index is 0.0236. The predicted octanol–water partition coefficient (Wildman–Crippen LogP) is 1.48. The van der Waals surface area contributed by atoms with E-state index in [1.165, 1.54) is 0 Å². The van der Waals surface area contributed by atoms with Crippen LogP contribution in [0.3, 0.4) is 0 Å². The lowest BCUT2D eigenvalue weighted by Crippen LogP contribution is -2.49. The second kappa shape index (κ2) is 4.76. The van der Waals surface area contributed by atoms with Gasteiger partial charge < -0.3 is 0 Å². The third kappa shape index (κ3) is 5.44. The summed E-state index contributed by atoms with van der Waals surface area (Å²) in [6.45, 7) is 1.15. The molecule has 90 valence electrons. The fourth-order valence-electron chi connectivity index (χ4n) is 2.06. The number of halogens is 1. The minimum atomic E-state index is -4.27. The lowest BCUT2D eigenvalue weighted by Gasteiger charge is -2.30. The van der Waals surface area contributed by atoms with Gasteiger partial charge in [0.25, 0.3) is 10.1 Å². The van der Waals surface area contributed by atoms with E-state index in [9.17, 15) is 12.8 Å². The van der Waals surface area contributed by atoms with E-state index in [2.05, 4.69) is 5.32 Å². The average Bonchev–Trinajstić information content (AvgIpc) is 1.99. The molecule has 0 aromatic carbocycles. The Hall–Kier alpha value is -0.200. The summed E-state index contributed by atoms with van der Waals surface area (Å²) in [6.07, 6.45) is 4.97. The SMILES string of the molecule is C[C@@](F)(CS(=O)(=O)O)NC1CCCCC1. The minimum Gasteiger partial charge on any atom is -0.285 e. The van der Waals surface area contributed by atoms with Crippen LogP contribution in [0.2, 0.25) is 0 Å². The molecule has 1 saturated carbocycles. The zero-order chi connectivity index (χ0) is 11.5. The fourth-order valence-corrected chi connectivity index (χ4v) is 2.83. The van der Waals surface area contributed by atoms with Gasteiger partial charge in [-0.15, -0.1) is 0 Å². The van der Waals surface area contributed by atoms with Gasteiger partial charge in [0.05, 0.1) is 0 Å². The molecular weight excluding hydrogens is 221 g/mol. The second-order valence-electron chi connectivity index (χ2n) is 4.40. The van der Waals surface area contributed by atoms with E-state index in [1.807, 2.05) is 0 Å². The molecule has 0 spiro atoms. The summed E-state index contributed by atoms with van der Waals surface area (Å²) in [6, 6.07) is 0.0236. The zero-order valence-electron chi connectivity index (χ0n) is 8.87. The first-order valence-electron chi connectivity index (χ1n) is 5.20. The quantitative estimate of drug-likeness (QED) is 0.576. The van der Waals surface area contributed by atoms with E-state index in [-0.39, 0.29) is 6.04 Å². The van der Waals surface area contributed by atoms with Crippen molar-refractivity contribution in [3.05, 3.63) is 0 Å². The zero-order valence-corrected chi connectivity index (χ0v) is 9.69. The Morgan fingerprint density at radius 1 is 1.40 bits per heavy atom. The highest BCUT2D eigenvalue weighted by molar-refractivity contribution is 7.85. The van der Waals surface area contributed by atoms with E-state index in [4.69, 9.17) is 4.55 Å². The van der Waals surface area contributed by atoms with Gasteiger partial charge in [-0.1, -0.05) is 19.3 Å². The van der Waals surface area contributed by atoms with Crippen LogP contribution in [-0.4, -0.2) is 30.6 Å². The maximum Gasteiger partial charge on any atom is 0.269 e. The Morgan fingerprint density at radius 2 is 1.93 bits per heavy atom. The first kappa shape index (κ1) is 12.9. The molecule has 0 aliphatic heterocycles. The summed E-state index contributed by atoms with van der Waals surface area (Å²) in [5.74, 6) is -2.94. The summed E-state index contributed by atoms with van der Waals surface area (Å²) in [4.78, 5) is 0. The molecule has 1 atom stereocenters. The lowest BCUT2D eigenvalue weighted by atomic mass is 9.95. The summed E-state index contributed by atoms with van der Waals surface area (Å²) in [5, 5.41) is 2.65. The van der Waals surface area contributed by atoms with Crippen molar-refractivity contribution in [1.82, 2.24) is 5.32 Å². The van der Waals surface area contributed by atoms with Crippen molar-refractivity contribution < 1.29 is 17.4 Å². The largest absolute Gasteiger partial charge is 0.285 e. The summed E-state index contributed by atoms with van der Waals surface area (Å²) < 4.78 is 43.4. The highest BCUT2D eigenvalue weighted by Crippen LogP contribution is 2.21. The average molecular weight is 239 g/mol. The first-order valence-corrected chi connectivity index (χ1v) is 6.81. The summed E-state index contributed by atoms with van der Waals surface area (Å²) >= 11 is 0. The summed E-state index contributed by atoms with van der Waals surface area (Å²) in [5.41, 5.74) is 0. The molecule has 0 bridgehead atoms. The molecular formula is C9H18FNO3S. The molecule has 4 nitrogen and oxygen atoms in total. The third-order valence-electron chi connectivity index (χ3n) is 2.56. The summed E-state index contributed by atoms with van der Waals surface area (Å²) in [7, 11) is -4.27. The van der Waals surface area contributed by atoms with Gasteiger partial charge in [-0.25, -0.2) is 4.39 Å². The third-order valence-corrected chi connectivity index (χ3v) is 3.47. The normalized spacial score (nSPS) is 23.7. The molecule has 0 amide bonds. The van der Waals surface area contributed by atoms with Crippen molar-refractivity contribution in [1.29, 1.82) is 0 Å². The van der Waals surface area contributed by atoms with Gasteiger partial charge in [-0.05, 0) is 19.8 Å². The van der Waals surface area contributed by atoms with Crippen molar-refractivity contribution in [2.24, 2.45) is 0 Å². The fraction of sp³-hybridized carbons (Fsp3) is 1.00. The molecule has 1 aliphatic rings. The smallest absolute Gasteiger partial charge is 0.269 e. The van der Waals surface area contributed by atoms with Crippen LogP contribution >= 0.6 is 0 Å². The molecule has 0 unspecified atom stereocenters. The van der Waals surface area contributed by atoms with Gasteiger partial charge in [-0.3, -0.25) is 9.87 Å². The van der Waals surface area contributed by atoms with Gasteiger partial charge in [-0.2, -0.15) is 8.42 Å². The first-order chi connectivity index (χ1) is 6.79. The molecule has 1 fully saturated rings. The molecule has 2 N–H and O–H groups in total. The Morgan fingerprint density at radius 3 is 2.40 bits per heavy atom. The van der Waals surface area contributed by atoms with Crippen LogP contribution < -0.4 is 5.32 Å². The lowest BCUT2D eigenvalue weighted by molar-refractivity contribution is 0.131. The standard InChI is InChI=1S/C9H18FNO3S/c1-9(10,7-15(12,13)14)11-8-5-3-2-4-6-8/h8,11H,2-7H2,1H3,(H,12,13,14)/t9-/m0/s1. The van der Waals surface area contributed by atoms with Gasteiger partial charge >= 0.3 is 0 Å². The number of alkyl halides is 1. The van der Waals surface area contributed by atoms with Crippen molar-refractivity contribution in [3.63, 3.8) is 0 Å².